The van der Waals surface area contributed by atoms with Crippen LogP contribution in [0.15, 0.2) is 97.1 Å². The Kier molecular flexibility index (Phi) is 9.77. The Morgan fingerprint density at radius 2 is 0.514 bits per heavy atom. The van der Waals surface area contributed by atoms with Crippen LogP contribution in [0.4, 0.5) is 0 Å². The van der Waals surface area contributed by atoms with E-state index in [1.807, 2.05) is 0 Å². The summed E-state index contributed by atoms with van der Waals surface area (Å²) in [5.41, 5.74) is 5.17. The average molecular weight is 764 g/mol. The molecule has 4 aromatic carbocycles. The molecule has 0 fully saturated rings. The number of hydrogen-bond acceptors (Lipinski definition) is 0. The molecule has 0 nitrogen and oxygen atoms in total. The quantitative estimate of drug-likeness (QED) is 0.0957. The minimum atomic E-state index is -2.59. The van der Waals surface area contributed by atoms with Crippen molar-refractivity contribution in [2.24, 2.45) is 0 Å². The Morgan fingerprint density at radius 1 is 0.351 bits per heavy atom. The molecule has 4 aromatic rings. The number of benzene rings is 4. The first-order chi connectivity index (χ1) is 17.6. The largest absolute Gasteiger partial charge is 0.179 e. The summed E-state index contributed by atoms with van der Waals surface area (Å²) < 4.78 is 0. The van der Waals surface area contributed by atoms with E-state index in [-0.39, 0.29) is 0 Å². The molecular formula is C32H32Br4Si. The zero-order valence-corrected chi connectivity index (χ0v) is 28.9. The summed E-state index contributed by atoms with van der Waals surface area (Å²) in [7, 11) is -2.59. The Bertz CT molecular complexity index is 1080. The fourth-order valence-electron chi connectivity index (χ4n) is 4.99. The summed E-state index contributed by atoms with van der Waals surface area (Å²) in [6, 6.07) is 37.2. The van der Waals surface area contributed by atoms with Gasteiger partial charge in [-0.25, -0.2) is 0 Å². The topological polar surface area (TPSA) is 0 Å². The molecule has 4 rings (SSSR count). The van der Waals surface area contributed by atoms with Crippen LogP contribution >= 0.6 is 63.7 Å². The first kappa shape index (κ1) is 29.0. The lowest BCUT2D eigenvalue weighted by molar-refractivity contribution is 1.12. The van der Waals surface area contributed by atoms with Crippen molar-refractivity contribution >= 4 is 92.5 Å². The second-order valence-corrected chi connectivity index (χ2v) is 19.0. The first-order valence-electron chi connectivity index (χ1n) is 12.6. The minimum absolute atomic E-state index is 0.316. The Balaban J connectivity index is 2.05. The highest BCUT2D eigenvalue weighted by Crippen LogP contribution is 2.25. The molecule has 0 amide bonds. The molecule has 5 heteroatoms. The Labute approximate surface area is 256 Å². The van der Waals surface area contributed by atoms with Gasteiger partial charge < -0.3 is 0 Å². The van der Waals surface area contributed by atoms with Crippen molar-refractivity contribution < 1.29 is 0 Å². The second kappa shape index (κ2) is 12.5. The van der Waals surface area contributed by atoms with Crippen LogP contribution in [0.5, 0.6) is 0 Å². The zero-order chi connectivity index (χ0) is 26.7. The van der Waals surface area contributed by atoms with E-state index in [2.05, 4.69) is 188 Å². The molecule has 4 unspecified atom stereocenters. The van der Waals surface area contributed by atoms with Crippen molar-refractivity contribution in [1.29, 1.82) is 0 Å². The molecule has 0 bridgehead atoms. The van der Waals surface area contributed by atoms with Gasteiger partial charge in [-0.05, 0) is 70.7 Å². The Morgan fingerprint density at radius 3 is 0.649 bits per heavy atom. The molecule has 0 heterocycles. The smallest absolute Gasteiger partial charge is 0.0842 e. The fourth-order valence-corrected chi connectivity index (χ4v) is 10.9. The van der Waals surface area contributed by atoms with Gasteiger partial charge in [-0.3, -0.25) is 0 Å². The van der Waals surface area contributed by atoms with Gasteiger partial charge in [-0.2, -0.15) is 0 Å². The highest BCUT2D eigenvalue weighted by Gasteiger charge is 2.41. The fraction of sp³-hybridized carbons (Fsp3) is 0.250. The summed E-state index contributed by atoms with van der Waals surface area (Å²) in [5, 5.41) is 5.57. The van der Waals surface area contributed by atoms with Crippen molar-refractivity contribution in [3.63, 3.8) is 0 Å². The van der Waals surface area contributed by atoms with Gasteiger partial charge in [0.25, 0.3) is 0 Å². The van der Waals surface area contributed by atoms with Crippen molar-refractivity contribution in [3.05, 3.63) is 119 Å². The van der Waals surface area contributed by atoms with Crippen molar-refractivity contribution in [2.45, 2.75) is 47.0 Å². The van der Waals surface area contributed by atoms with E-state index in [1.54, 1.807) is 0 Å². The number of rotatable bonds is 8. The molecule has 37 heavy (non-hydrogen) atoms. The number of hydrogen-bond donors (Lipinski definition) is 0. The molecule has 0 N–H and O–H groups in total. The van der Waals surface area contributed by atoms with Gasteiger partial charge in [-0.1, -0.05) is 161 Å². The summed E-state index contributed by atoms with van der Waals surface area (Å²) in [6.07, 6.45) is 0. The third-order valence-electron chi connectivity index (χ3n) is 7.21. The van der Waals surface area contributed by atoms with Crippen LogP contribution in [0.1, 0.15) is 69.3 Å². The summed E-state index contributed by atoms with van der Waals surface area (Å²) in [6.45, 7) is 8.72. The first-order valence-corrected chi connectivity index (χ1v) is 18.3. The van der Waals surface area contributed by atoms with E-state index in [9.17, 15) is 0 Å². The van der Waals surface area contributed by atoms with Gasteiger partial charge in [0.2, 0.25) is 0 Å². The predicted molar refractivity (Wildman–Crippen MR) is 179 cm³/mol. The molecule has 0 aromatic heterocycles. The van der Waals surface area contributed by atoms with E-state index in [1.165, 1.54) is 43.0 Å². The molecule has 0 spiro atoms. The highest BCUT2D eigenvalue weighted by molar-refractivity contribution is 9.09. The van der Waals surface area contributed by atoms with Crippen LogP contribution in [-0.2, 0) is 0 Å². The molecule has 0 aliphatic carbocycles. The molecule has 0 aliphatic heterocycles. The lowest BCUT2D eigenvalue weighted by atomic mass is 10.2. The summed E-state index contributed by atoms with van der Waals surface area (Å²) >= 11 is 15.0. The molecule has 4 atom stereocenters. The zero-order valence-electron chi connectivity index (χ0n) is 21.6. The second-order valence-electron chi connectivity index (χ2n) is 9.70. The monoisotopic (exact) mass is 760 g/mol. The third kappa shape index (κ3) is 6.11. The predicted octanol–water partition coefficient (Wildman–Crippen LogP) is 8.89. The van der Waals surface area contributed by atoms with Crippen molar-refractivity contribution in [1.82, 2.24) is 0 Å². The summed E-state index contributed by atoms with van der Waals surface area (Å²) in [4.78, 5) is 1.27. The van der Waals surface area contributed by atoms with E-state index < -0.39 is 8.07 Å². The Hall–Kier alpha value is -0.983. The van der Waals surface area contributed by atoms with Gasteiger partial charge in [0.15, 0.2) is 8.07 Å². The van der Waals surface area contributed by atoms with Crippen molar-refractivity contribution in [2.75, 3.05) is 0 Å². The van der Waals surface area contributed by atoms with Crippen LogP contribution in [0.25, 0.3) is 0 Å². The molecule has 0 saturated carbocycles. The molecular weight excluding hydrogens is 732 g/mol. The number of halogens is 4. The van der Waals surface area contributed by atoms with Gasteiger partial charge in [-0.15, -0.1) is 0 Å². The van der Waals surface area contributed by atoms with Crippen LogP contribution in [0, 0.1) is 0 Å². The maximum atomic E-state index is 3.75. The van der Waals surface area contributed by atoms with Crippen LogP contribution in [0.2, 0.25) is 0 Å². The normalized spacial score (nSPS) is 16.4. The van der Waals surface area contributed by atoms with Crippen LogP contribution < -0.4 is 20.7 Å². The number of alkyl halides is 4. The maximum Gasteiger partial charge on any atom is 0.179 e. The minimum Gasteiger partial charge on any atom is -0.0842 e. The van der Waals surface area contributed by atoms with E-state index in [0.717, 1.165) is 0 Å². The standard InChI is InChI=1S/C32H32Br4Si/c1-21(33)25-5-13-29(14-6-25)37(30-15-7-26(8-16-30)22(2)34,31-17-9-27(10-18-31)23(3)35)32-19-11-28(12-20-32)24(4)36/h5-24H,1-4H3. The van der Waals surface area contributed by atoms with Crippen LogP contribution in [0.3, 0.4) is 0 Å². The van der Waals surface area contributed by atoms with Gasteiger partial charge in [0, 0.05) is 19.3 Å². The summed E-state index contributed by atoms with van der Waals surface area (Å²) in [5.74, 6) is 0. The van der Waals surface area contributed by atoms with E-state index in [4.69, 9.17) is 0 Å². The lowest BCUT2D eigenvalue weighted by Gasteiger charge is -2.35. The molecule has 0 radical (unpaired) electrons. The van der Waals surface area contributed by atoms with Gasteiger partial charge in [0.05, 0.1) is 0 Å². The highest BCUT2D eigenvalue weighted by atomic mass is 79.9. The van der Waals surface area contributed by atoms with Gasteiger partial charge in [0.1, 0.15) is 0 Å². The maximum absolute atomic E-state index is 3.75. The third-order valence-corrected chi connectivity index (χ3v) is 14.1. The SMILES string of the molecule is CC(Br)c1ccc([Si](c2ccc(C(C)Br)cc2)(c2ccc(C(C)Br)cc2)c2ccc(C(C)Br)cc2)cc1. The lowest BCUT2D eigenvalue weighted by Crippen LogP contribution is -2.74. The van der Waals surface area contributed by atoms with Gasteiger partial charge >= 0.3 is 0 Å². The van der Waals surface area contributed by atoms with Crippen LogP contribution in [-0.4, -0.2) is 8.07 Å². The molecule has 0 aliphatic rings. The molecule has 0 saturated heterocycles. The van der Waals surface area contributed by atoms with E-state index in [0.29, 0.717) is 19.3 Å². The average Bonchev–Trinajstić information content (AvgIpc) is 2.90. The van der Waals surface area contributed by atoms with E-state index >= 15 is 0 Å². The van der Waals surface area contributed by atoms with Crippen molar-refractivity contribution in [3.8, 4) is 0 Å². The molecule has 192 valence electrons.